The molecule has 0 unspecified atom stereocenters. The molecule has 0 saturated heterocycles. The molecule has 0 bridgehead atoms. The summed E-state index contributed by atoms with van der Waals surface area (Å²) in [7, 11) is 0. The lowest BCUT2D eigenvalue weighted by molar-refractivity contribution is -0.137. The van der Waals surface area contributed by atoms with Crippen LogP contribution in [0.2, 0.25) is 4.47 Å². The molecule has 1 atom stereocenters. The van der Waals surface area contributed by atoms with Crippen LogP contribution in [0.5, 0.6) is 0 Å². The van der Waals surface area contributed by atoms with E-state index in [4.69, 9.17) is 22.4 Å². The van der Waals surface area contributed by atoms with Gasteiger partial charge in [0.2, 0.25) is 0 Å². The molecule has 7 heteroatoms. The first kappa shape index (κ1) is 11.8. The second kappa shape index (κ2) is 5.55. The molecular weight excluding hydrogens is 244 g/mol. The predicted octanol–water partition coefficient (Wildman–Crippen LogP) is 1.44. The Kier molecular flexibility index (Phi) is 4.67. The fourth-order valence-electron chi connectivity index (χ4n) is 0.708. The number of hydrogen-bond acceptors (Lipinski definition) is 5. The Morgan fingerprint density at radius 3 is 3.07 bits per heavy atom. The molecule has 0 fully saturated rings. The zero-order chi connectivity index (χ0) is 10.6. The van der Waals surface area contributed by atoms with Crippen molar-refractivity contribution in [2.45, 2.75) is 11.8 Å². The van der Waals surface area contributed by atoms with Gasteiger partial charge in [-0.15, -0.1) is 11.3 Å². The second-order valence-electron chi connectivity index (χ2n) is 2.54. The molecule has 1 aromatic heterocycles. The maximum atomic E-state index is 10.4. The summed E-state index contributed by atoms with van der Waals surface area (Å²) in [6.07, 6.45) is 1.69. The maximum absolute atomic E-state index is 10.4. The number of carbonyl (C=O) groups is 1. The average molecular weight is 253 g/mol. The Morgan fingerprint density at radius 2 is 2.57 bits per heavy atom. The van der Waals surface area contributed by atoms with Crippen LogP contribution in [0.3, 0.4) is 0 Å². The number of thioether (sulfide) groups is 1. The lowest BCUT2D eigenvalue weighted by atomic mass is 10.4. The van der Waals surface area contributed by atoms with Crippen molar-refractivity contribution >= 4 is 40.7 Å². The molecule has 0 radical (unpaired) electrons. The molecule has 0 aliphatic rings. The quantitative estimate of drug-likeness (QED) is 0.829. The first-order valence-corrected chi connectivity index (χ1v) is 6.11. The average Bonchev–Trinajstić information content (AvgIpc) is 2.51. The highest BCUT2D eigenvalue weighted by atomic mass is 35.5. The smallest absolute Gasteiger partial charge is 0.321 e. The number of rotatable bonds is 5. The molecule has 1 rings (SSSR count). The number of carboxylic acids is 1. The van der Waals surface area contributed by atoms with Gasteiger partial charge in [-0.25, -0.2) is 4.98 Å². The van der Waals surface area contributed by atoms with Crippen LogP contribution in [-0.4, -0.2) is 27.9 Å². The van der Waals surface area contributed by atoms with Crippen molar-refractivity contribution in [3.8, 4) is 0 Å². The molecule has 4 nitrogen and oxygen atoms in total. The number of halogens is 1. The van der Waals surface area contributed by atoms with Crippen molar-refractivity contribution in [2.24, 2.45) is 5.73 Å². The molecule has 0 spiro atoms. The highest BCUT2D eigenvalue weighted by molar-refractivity contribution is 7.98. The molecule has 0 amide bonds. The minimum absolute atomic E-state index is 0.394. The Bertz CT molecular complexity index is 318. The Morgan fingerprint density at radius 1 is 1.86 bits per heavy atom. The fraction of sp³-hybridized carbons (Fsp3) is 0.429. The topological polar surface area (TPSA) is 76.2 Å². The van der Waals surface area contributed by atoms with E-state index < -0.39 is 12.0 Å². The number of carboxylic acid groups (broad SMARTS) is 1. The molecule has 1 aromatic rings. The summed E-state index contributed by atoms with van der Waals surface area (Å²) in [6.45, 7) is 0. The van der Waals surface area contributed by atoms with E-state index >= 15 is 0 Å². The third kappa shape index (κ3) is 3.83. The lowest BCUT2D eigenvalue weighted by Gasteiger charge is -2.03. The van der Waals surface area contributed by atoms with Gasteiger partial charge in [0.25, 0.3) is 0 Å². The highest BCUT2D eigenvalue weighted by Gasteiger charge is 2.11. The summed E-state index contributed by atoms with van der Waals surface area (Å²) in [5.74, 6) is 0.121. The summed E-state index contributed by atoms with van der Waals surface area (Å²) in [5, 5.41) is 8.51. The predicted molar refractivity (Wildman–Crippen MR) is 58.9 cm³/mol. The van der Waals surface area contributed by atoms with E-state index in [1.165, 1.54) is 23.1 Å². The van der Waals surface area contributed by atoms with Crippen LogP contribution in [0.15, 0.2) is 6.20 Å². The monoisotopic (exact) mass is 252 g/mol. The van der Waals surface area contributed by atoms with Gasteiger partial charge in [-0.2, -0.15) is 11.8 Å². The first-order chi connectivity index (χ1) is 6.59. The summed E-state index contributed by atoms with van der Waals surface area (Å²) >= 11 is 8.49. The number of nitrogens with zero attached hydrogens (tertiary/aromatic N) is 1. The van der Waals surface area contributed by atoms with Crippen molar-refractivity contribution in [2.75, 3.05) is 5.75 Å². The van der Waals surface area contributed by atoms with Gasteiger partial charge in [-0.3, -0.25) is 4.79 Å². The van der Waals surface area contributed by atoms with Crippen LogP contribution >= 0.6 is 34.7 Å². The third-order valence-electron chi connectivity index (χ3n) is 1.38. The third-order valence-corrected chi connectivity index (χ3v) is 3.79. The van der Waals surface area contributed by atoms with E-state index in [9.17, 15) is 4.79 Å². The van der Waals surface area contributed by atoms with Crippen molar-refractivity contribution in [3.63, 3.8) is 0 Å². The van der Waals surface area contributed by atoms with Gasteiger partial charge in [0.05, 0.1) is 0 Å². The van der Waals surface area contributed by atoms with Gasteiger partial charge >= 0.3 is 5.97 Å². The minimum atomic E-state index is -0.972. The van der Waals surface area contributed by atoms with E-state index in [0.717, 1.165) is 4.88 Å². The Labute approximate surface area is 94.5 Å². The summed E-state index contributed by atoms with van der Waals surface area (Å²) in [6, 6.07) is -0.802. The fourth-order valence-corrected chi connectivity index (χ4v) is 2.76. The first-order valence-electron chi connectivity index (χ1n) is 3.76. The summed E-state index contributed by atoms with van der Waals surface area (Å²) in [4.78, 5) is 15.3. The van der Waals surface area contributed by atoms with Gasteiger partial charge in [0.15, 0.2) is 4.47 Å². The zero-order valence-corrected chi connectivity index (χ0v) is 9.53. The van der Waals surface area contributed by atoms with Gasteiger partial charge in [-0.05, 0) is 0 Å². The lowest BCUT2D eigenvalue weighted by Crippen LogP contribution is -2.32. The molecular formula is C7H9ClN2O2S2. The molecule has 0 aliphatic heterocycles. The highest BCUT2D eigenvalue weighted by Crippen LogP contribution is 2.22. The van der Waals surface area contributed by atoms with Crippen LogP contribution in [-0.2, 0) is 10.5 Å². The molecule has 78 valence electrons. The molecule has 0 saturated carbocycles. The Hall–Kier alpha value is -0.300. The van der Waals surface area contributed by atoms with E-state index in [-0.39, 0.29) is 0 Å². The van der Waals surface area contributed by atoms with E-state index in [2.05, 4.69) is 4.98 Å². The summed E-state index contributed by atoms with van der Waals surface area (Å²) < 4.78 is 0.503. The summed E-state index contributed by atoms with van der Waals surface area (Å²) in [5.41, 5.74) is 5.33. The van der Waals surface area contributed by atoms with Crippen molar-refractivity contribution < 1.29 is 9.90 Å². The molecule has 3 N–H and O–H groups in total. The van der Waals surface area contributed by atoms with Gasteiger partial charge < -0.3 is 10.8 Å². The van der Waals surface area contributed by atoms with Crippen LogP contribution in [0.4, 0.5) is 0 Å². The normalized spacial score (nSPS) is 12.7. The van der Waals surface area contributed by atoms with Crippen LogP contribution in [0, 0.1) is 0 Å². The van der Waals surface area contributed by atoms with E-state index in [1.807, 2.05) is 0 Å². The van der Waals surface area contributed by atoms with Gasteiger partial charge in [0.1, 0.15) is 6.04 Å². The van der Waals surface area contributed by atoms with Crippen LogP contribution in [0.25, 0.3) is 0 Å². The zero-order valence-electron chi connectivity index (χ0n) is 7.14. The van der Waals surface area contributed by atoms with Crippen LogP contribution < -0.4 is 5.73 Å². The van der Waals surface area contributed by atoms with Gasteiger partial charge in [-0.1, -0.05) is 11.6 Å². The van der Waals surface area contributed by atoms with Crippen molar-refractivity contribution in [1.82, 2.24) is 4.98 Å². The SMILES string of the molecule is N[C@@H](CSCc1cnc(Cl)s1)C(=O)O. The van der Waals surface area contributed by atoms with Crippen molar-refractivity contribution in [3.05, 3.63) is 15.5 Å². The standard InChI is InChI=1S/C7H9ClN2O2S2/c8-7-10-1-4(14-7)2-13-3-5(9)6(11)12/h1,5H,2-3,9H2,(H,11,12)/t5-/m0/s1. The number of aromatic nitrogens is 1. The van der Waals surface area contributed by atoms with Crippen LogP contribution in [0.1, 0.15) is 4.88 Å². The Balaban J connectivity index is 2.25. The number of aliphatic carboxylic acids is 1. The molecule has 1 heterocycles. The molecule has 14 heavy (non-hydrogen) atoms. The number of thiazole rings is 1. The number of hydrogen-bond donors (Lipinski definition) is 2. The number of nitrogens with two attached hydrogens (primary N) is 1. The molecule has 0 aliphatic carbocycles. The van der Waals surface area contributed by atoms with E-state index in [0.29, 0.717) is 16.0 Å². The maximum Gasteiger partial charge on any atom is 0.321 e. The van der Waals surface area contributed by atoms with Crippen molar-refractivity contribution in [1.29, 1.82) is 0 Å². The largest absolute Gasteiger partial charge is 0.480 e. The molecule has 0 aromatic carbocycles. The van der Waals surface area contributed by atoms with E-state index in [1.54, 1.807) is 6.20 Å². The minimum Gasteiger partial charge on any atom is -0.480 e. The second-order valence-corrected chi connectivity index (χ2v) is 5.27. The van der Waals surface area contributed by atoms with Gasteiger partial charge in [0, 0.05) is 22.6 Å².